The van der Waals surface area contributed by atoms with Gasteiger partial charge in [0.2, 0.25) is 5.95 Å². The summed E-state index contributed by atoms with van der Waals surface area (Å²) in [6.45, 7) is 13.2. The van der Waals surface area contributed by atoms with Crippen LogP contribution in [0.15, 0.2) is 158 Å². The van der Waals surface area contributed by atoms with Crippen molar-refractivity contribution in [3.63, 3.8) is 0 Å². The molecule has 0 N–H and O–H groups in total. The summed E-state index contributed by atoms with van der Waals surface area (Å²) in [5, 5.41) is 7.24. The van der Waals surface area contributed by atoms with Gasteiger partial charge in [0.05, 0.1) is 44.5 Å². The van der Waals surface area contributed by atoms with Crippen molar-refractivity contribution < 1.29 is 0 Å². The number of fused-ring (bicyclic) bond motifs is 9. The second kappa shape index (κ2) is 13.8. The van der Waals surface area contributed by atoms with E-state index in [1.165, 1.54) is 76.6 Å². The molecule has 6 nitrogen and oxygen atoms in total. The first-order valence-electron chi connectivity index (χ1n) is 21.7. The van der Waals surface area contributed by atoms with E-state index in [1.54, 1.807) is 0 Å². The van der Waals surface area contributed by atoms with Crippen LogP contribution in [0.25, 0.3) is 106 Å². The summed E-state index contributed by atoms with van der Waals surface area (Å²) in [6.07, 6.45) is 0. The van der Waals surface area contributed by atoms with E-state index in [-0.39, 0.29) is 0 Å². The molecule has 0 aliphatic rings. The van der Waals surface area contributed by atoms with Gasteiger partial charge in [0.15, 0.2) is 11.6 Å². The lowest BCUT2D eigenvalue weighted by Crippen LogP contribution is -2.10. The Kier molecular flexibility index (Phi) is 8.13. The fourth-order valence-corrected chi connectivity index (χ4v) is 10.5. The lowest BCUT2D eigenvalue weighted by Gasteiger charge is -2.18. The molecule has 0 amide bonds. The molecule has 12 aromatic rings. The van der Waals surface area contributed by atoms with Gasteiger partial charge in [-0.15, -0.1) is 0 Å². The zero-order valence-electron chi connectivity index (χ0n) is 36.2. The number of hydrogen-bond donors (Lipinski definition) is 0. The molecule has 0 unspecified atom stereocenters. The molecule has 0 bridgehead atoms. The Balaban J connectivity index is 1.22. The molecule has 4 heterocycles. The summed E-state index contributed by atoms with van der Waals surface area (Å²) in [4.78, 5) is 16.7. The van der Waals surface area contributed by atoms with Gasteiger partial charge in [0.25, 0.3) is 0 Å². The number of aromatic nitrogens is 6. The predicted molar refractivity (Wildman–Crippen MR) is 262 cm³/mol. The lowest BCUT2D eigenvalue weighted by molar-refractivity contribution is 0.945. The van der Waals surface area contributed by atoms with Crippen LogP contribution in [0.5, 0.6) is 0 Å². The number of rotatable bonds is 5. The molecule has 0 radical (unpaired) electrons. The van der Waals surface area contributed by atoms with E-state index in [0.717, 1.165) is 44.7 Å². The Morgan fingerprint density at radius 3 is 0.841 bits per heavy atom. The normalized spacial score (nSPS) is 12.0. The highest BCUT2D eigenvalue weighted by atomic mass is 15.2. The molecule has 0 saturated heterocycles. The molecule has 63 heavy (non-hydrogen) atoms. The smallest absolute Gasteiger partial charge is 0.238 e. The van der Waals surface area contributed by atoms with Crippen molar-refractivity contribution in [3.8, 4) is 40.1 Å². The minimum absolute atomic E-state index is 0.576. The number of aryl methyl sites for hydroxylation is 6. The van der Waals surface area contributed by atoms with E-state index in [9.17, 15) is 0 Å². The maximum atomic E-state index is 5.58. The fraction of sp³-hybridized carbons (Fsp3) is 0.105. The Morgan fingerprint density at radius 2 is 0.540 bits per heavy atom. The van der Waals surface area contributed by atoms with Gasteiger partial charge >= 0.3 is 0 Å². The third-order valence-corrected chi connectivity index (χ3v) is 13.2. The summed E-state index contributed by atoms with van der Waals surface area (Å²) in [5.41, 5.74) is 17.9. The standard InChI is InChI=1S/C57H44N6/c1-33-17-11-25-39-40-26-12-18-34(2)50(40)61(49(33)39)47-31-9-7-23-45(47)55-58-56(60-57(59-55)63-53-37(5)21-15-29-43(53)44-30-16-22-38(6)54(44)63)46-24-8-10-32-48(46)62-51-35(3)19-13-27-41(51)42-28-14-20-36(4)52(42)62/h7-32H,1-6H3. The van der Waals surface area contributed by atoms with Crippen LogP contribution in [-0.2, 0) is 0 Å². The molecular formula is C57H44N6. The van der Waals surface area contributed by atoms with Crippen LogP contribution >= 0.6 is 0 Å². The van der Waals surface area contributed by atoms with Crippen LogP contribution in [0.4, 0.5) is 0 Å². The van der Waals surface area contributed by atoms with Gasteiger partial charge in [-0.05, 0) is 99.2 Å². The molecule has 302 valence electrons. The number of para-hydroxylation sites is 8. The average molecular weight is 813 g/mol. The first kappa shape index (κ1) is 37.0. The predicted octanol–water partition coefficient (Wildman–Crippen LogP) is 14.3. The fourth-order valence-electron chi connectivity index (χ4n) is 10.5. The van der Waals surface area contributed by atoms with Crippen LogP contribution < -0.4 is 0 Å². The molecule has 0 aliphatic carbocycles. The maximum absolute atomic E-state index is 5.58. The minimum Gasteiger partial charge on any atom is -0.308 e. The Morgan fingerprint density at radius 1 is 0.270 bits per heavy atom. The van der Waals surface area contributed by atoms with E-state index in [0.29, 0.717) is 17.6 Å². The highest BCUT2D eigenvalue weighted by Crippen LogP contribution is 2.42. The average Bonchev–Trinajstić information content (AvgIpc) is 3.96. The third-order valence-electron chi connectivity index (χ3n) is 13.2. The van der Waals surface area contributed by atoms with Crippen LogP contribution in [0.2, 0.25) is 0 Å². The monoisotopic (exact) mass is 812 g/mol. The molecular weight excluding hydrogens is 769 g/mol. The van der Waals surface area contributed by atoms with E-state index >= 15 is 0 Å². The van der Waals surface area contributed by atoms with Gasteiger partial charge in [-0.1, -0.05) is 133 Å². The number of hydrogen-bond acceptors (Lipinski definition) is 3. The van der Waals surface area contributed by atoms with E-state index in [2.05, 4.69) is 213 Å². The van der Waals surface area contributed by atoms with Gasteiger partial charge in [-0.25, -0.2) is 4.98 Å². The Labute approximate surface area is 365 Å². The maximum Gasteiger partial charge on any atom is 0.238 e. The molecule has 4 aromatic heterocycles. The van der Waals surface area contributed by atoms with Gasteiger partial charge in [-0.3, -0.25) is 4.57 Å². The molecule has 0 spiro atoms. The van der Waals surface area contributed by atoms with Crippen molar-refractivity contribution in [1.29, 1.82) is 0 Å². The molecule has 0 saturated carbocycles. The molecule has 12 rings (SSSR count). The first-order valence-corrected chi connectivity index (χ1v) is 21.7. The zero-order chi connectivity index (χ0) is 42.7. The van der Waals surface area contributed by atoms with Gasteiger partial charge in [0.1, 0.15) is 0 Å². The van der Waals surface area contributed by atoms with Crippen molar-refractivity contribution in [3.05, 3.63) is 191 Å². The lowest BCUT2D eigenvalue weighted by atomic mass is 10.1. The second-order valence-electron chi connectivity index (χ2n) is 17.1. The summed E-state index contributed by atoms with van der Waals surface area (Å²) < 4.78 is 7.14. The zero-order valence-corrected chi connectivity index (χ0v) is 36.2. The quantitative estimate of drug-likeness (QED) is 0.174. The second-order valence-corrected chi connectivity index (χ2v) is 17.1. The molecule has 6 heteroatoms. The van der Waals surface area contributed by atoms with Crippen molar-refractivity contribution in [1.82, 2.24) is 28.7 Å². The van der Waals surface area contributed by atoms with Crippen molar-refractivity contribution in [2.24, 2.45) is 0 Å². The molecule has 0 fully saturated rings. The summed E-state index contributed by atoms with van der Waals surface area (Å²) in [5.74, 6) is 1.78. The van der Waals surface area contributed by atoms with Crippen LogP contribution in [0, 0.1) is 41.5 Å². The Bertz CT molecular complexity index is 3510. The van der Waals surface area contributed by atoms with E-state index in [4.69, 9.17) is 15.0 Å². The van der Waals surface area contributed by atoms with Crippen molar-refractivity contribution in [2.75, 3.05) is 0 Å². The van der Waals surface area contributed by atoms with Crippen molar-refractivity contribution in [2.45, 2.75) is 41.5 Å². The third kappa shape index (κ3) is 5.34. The highest BCUT2D eigenvalue weighted by molar-refractivity contribution is 6.13. The van der Waals surface area contributed by atoms with Gasteiger partial charge in [0, 0.05) is 43.4 Å². The number of benzene rings is 8. The van der Waals surface area contributed by atoms with Gasteiger partial charge in [-0.2, -0.15) is 9.97 Å². The molecule has 8 aromatic carbocycles. The van der Waals surface area contributed by atoms with E-state index < -0.39 is 0 Å². The van der Waals surface area contributed by atoms with Crippen LogP contribution in [-0.4, -0.2) is 28.7 Å². The molecule has 0 atom stereocenters. The first-order chi connectivity index (χ1) is 30.8. The Hall–Kier alpha value is -7.83. The van der Waals surface area contributed by atoms with Crippen LogP contribution in [0.1, 0.15) is 33.4 Å². The SMILES string of the molecule is Cc1cccc2c3cccc(C)c3n(-c3nc(-c4ccccc4-n4c5c(C)cccc5c5cccc(C)c54)nc(-c4ccccc4-n4c5c(C)cccc5c5cccc(C)c54)n3)c12. The summed E-state index contributed by atoms with van der Waals surface area (Å²) in [7, 11) is 0. The molecule has 0 aliphatic heterocycles. The van der Waals surface area contributed by atoms with E-state index in [1.807, 2.05) is 0 Å². The number of nitrogens with zero attached hydrogens (tertiary/aromatic N) is 6. The topological polar surface area (TPSA) is 53.5 Å². The highest BCUT2D eigenvalue weighted by Gasteiger charge is 2.25. The minimum atomic E-state index is 0.576. The van der Waals surface area contributed by atoms with Crippen molar-refractivity contribution >= 4 is 65.4 Å². The van der Waals surface area contributed by atoms with Gasteiger partial charge < -0.3 is 9.13 Å². The summed E-state index contributed by atoms with van der Waals surface area (Å²) >= 11 is 0. The summed E-state index contributed by atoms with van der Waals surface area (Å²) in [6, 6.07) is 56.7. The van der Waals surface area contributed by atoms with Crippen LogP contribution in [0.3, 0.4) is 0 Å². The largest absolute Gasteiger partial charge is 0.308 e.